The molecule has 0 radical (unpaired) electrons. The number of rotatable bonds is 5. The van der Waals surface area contributed by atoms with Gasteiger partial charge in [-0.3, -0.25) is 4.79 Å². The number of nitrogens with one attached hydrogen (secondary N) is 1. The number of methoxy groups -OCH3 is 1. The third-order valence-electron chi connectivity index (χ3n) is 3.61. The van der Waals surface area contributed by atoms with Crippen LogP contribution in [0.5, 0.6) is 5.75 Å². The van der Waals surface area contributed by atoms with E-state index in [-0.39, 0.29) is 11.9 Å². The number of hydrogen-bond acceptors (Lipinski definition) is 4. The van der Waals surface area contributed by atoms with E-state index in [1.54, 1.807) is 7.11 Å². The molecule has 1 unspecified atom stereocenters. The zero-order chi connectivity index (χ0) is 16.3. The van der Waals surface area contributed by atoms with E-state index < -0.39 is 18.2 Å². The third kappa shape index (κ3) is 3.78. The first-order valence-electron chi connectivity index (χ1n) is 6.94. The number of carboxylic acid groups (broad SMARTS) is 1. The maximum Gasteiger partial charge on any atom is 0.332 e. The van der Waals surface area contributed by atoms with E-state index in [1.807, 2.05) is 25.1 Å². The Morgan fingerprint density at radius 1 is 1.41 bits per heavy atom. The first-order chi connectivity index (χ1) is 10.4. The summed E-state index contributed by atoms with van der Waals surface area (Å²) in [7, 11) is 1.57. The fourth-order valence-electron chi connectivity index (χ4n) is 2.44. The summed E-state index contributed by atoms with van der Waals surface area (Å²) < 4.78 is 11.4. The number of carboxylic acids is 1. The summed E-state index contributed by atoms with van der Waals surface area (Å²) in [5, 5.41) is 11.7. The molecule has 1 saturated heterocycles. The van der Waals surface area contributed by atoms with Crippen LogP contribution in [0.4, 0.5) is 0 Å². The highest BCUT2D eigenvalue weighted by molar-refractivity contribution is 9.10. The SMILES string of the molecule is COc1cc(Br)ccc1C(C)NC(=O)[C@@H]1CC[C@H](C(=O)O)O1. The first-order valence-corrected chi connectivity index (χ1v) is 7.73. The topological polar surface area (TPSA) is 84.9 Å². The predicted molar refractivity (Wildman–Crippen MR) is 82.8 cm³/mol. The van der Waals surface area contributed by atoms with Gasteiger partial charge in [0.05, 0.1) is 13.2 Å². The summed E-state index contributed by atoms with van der Waals surface area (Å²) in [5.41, 5.74) is 0.840. The zero-order valence-electron chi connectivity index (χ0n) is 12.3. The molecule has 0 spiro atoms. The summed E-state index contributed by atoms with van der Waals surface area (Å²) in [6.45, 7) is 1.84. The molecule has 1 aromatic rings. The minimum absolute atomic E-state index is 0.275. The summed E-state index contributed by atoms with van der Waals surface area (Å²) >= 11 is 3.37. The van der Waals surface area contributed by atoms with Gasteiger partial charge in [0, 0.05) is 10.0 Å². The van der Waals surface area contributed by atoms with Crippen molar-refractivity contribution in [2.45, 2.75) is 38.0 Å². The van der Waals surface area contributed by atoms with Gasteiger partial charge in [-0.1, -0.05) is 22.0 Å². The van der Waals surface area contributed by atoms with Crippen LogP contribution >= 0.6 is 15.9 Å². The number of carbonyl (C=O) groups is 2. The molecule has 7 heteroatoms. The molecule has 1 heterocycles. The highest BCUT2D eigenvalue weighted by atomic mass is 79.9. The van der Waals surface area contributed by atoms with Gasteiger partial charge in [-0.05, 0) is 31.9 Å². The molecule has 2 N–H and O–H groups in total. The molecule has 0 aliphatic carbocycles. The quantitative estimate of drug-likeness (QED) is 0.829. The molecule has 0 bridgehead atoms. The molecule has 3 atom stereocenters. The Bertz CT molecular complexity index is 577. The van der Waals surface area contributed by atoms with E-state index in [0.29, 0.717) is 18.6 Å². The largest absolute Gasteiger partial charge is 0.496 e. The van der Waals surface area contributed by atoms with Gasteiger partial charge in [0.1, 0.15) is 11.9 Å². The molecule has 0 aromatic heterocycles. The summed E-state index contributed by atoms with van der Waals surface area (Å²) in [6, 6.07) is 5.28. The molecule has 1 amide bonds. The van der Waals surface area contributed by atoms with Gasteiger partial charge >= 0.3 is 5.97 Å². The van der Waals surface area contributed by atoms with Crippen molar-refractivity contribution in [3.8, 4) is 5.75 Å². The van der Waals surface area contributed by atoms with Crippen molar-refractivity contribution in [3.05, 3.63) is 28.2 Å². The standard InChI is InChI=1S/C15H18BrNO5/c1-8(10-4-3-9(16)7-13(10)21-2)17-14(18)11-5-6-12(22-11)15(19)20/h3-4,7-8,11-12H,5-6H2,1-2H3,(H,17,18)(H,19,20)/t8?,11-,12+/m0/s1. The van der Waals surface area contributed by atoms with Gasteiger partial charge in [-0.25, -0.2) is 4.79 Å². The van der Waals surface area contributed by atoms with E-state index in [0.717, 1.165) is 10.0 Å². The van der Waals surface area contributed by atoms with Crippen molar-refractivity contribution in [1.82, 2.24) is 5.32 Å². The summed E-state index contributed by atoms with van der Waals surface area (Å²) in [6.07, 6.45) is -0.852. The van der Waals surface area contributed by atoms with Gasteiger partial charge < -0.3 is 19.9 Å². The number of amides is 1. The lowest BCUT2D eigenvalue weighted by molar-refractivity contribution is -0.151. The monoisotopic (exact) mass is 371 g/mol. The third-order valence-corrected chi connectivity index (χ3v) is 4.10. The minimum atomic E-state index is -1.03. The molecular formula is C15H18BrNO5. The molecule has 1 aromatic carbocycles. The molecule has 1 aliphatic rings. The Morgan fingerprint density at radius 3 is 2.68 bits per heavy atom. The van der Waals surface area contributed by atoms with Crippen LogP contribution in [0.15, 0.2) is 22.7 Å². The highest BCUT2D eigenvalue weighted by Crippen LogP contribution is 2.29. The number of hydrogen-bond donors (Lipinski definition) is 2. The van der Waals surface area contributed by atoms with Gasteiger partial charge in [-0.15, -0.1) is 0 Å². The maximum atomic E-state index is 12.2. The van der Waals surface area contributed by atoms with Crippen LogP contribution in [0.1, 0.15) is 31.4 Å². The second-order valence-corrected chi connectivity index (χ2v) is 6.06. The Morgan fingerprint density at radius 2 is 2.09 bits per heavy atom. The van der Waals surface area contributed by atoms with Gasteiger partial charge in [-0.2, -0.15) is 0 Å². The number of halogens is 1. The first kappa shape index (κ1) is 16.8. The van der Waals surface area contributed by atoms with Crippen LogP contribution in [0, 0.1) is 0 Å². The average Bonchev–Trinajstić information content (AvgIpc) is 2.97. The Kier molecular flexibility index (Phi) is 5.42. The van der Waals surface area contributed by atoms with Crippen molar-refractivity contribution < 1.29 is 24.2 Å². The predicted octanol–water partition coefficient (Wildman–Crippen LogP) is 2.27. The number of carbonyl (C=O) groups excluding carboxylic acids is 1. The molecule has 1 fully saturated rings. The molecule has 22 heavy (non-hydrogen) atoms. The molecule has 1 aliphatic heterocycles. The van der Waals surface area contributed by atoms with Gasteiger partial charge in [0.25, 0.3) is 0 Å². The lowest BCUT2D eigenvalue weighted by Gasteiger charge is -2.19. The normalized spacial score (nSPS) is 22.1. The zero-order valence-corrected chi connectivity index (χ0v) is 13.9. The van der Waals surface area contributed by atoms with Gasteiger partial charge in [0.2, 0.25) is 5.91 Å². The smallest absolute Gasteiger partial charge is 0.332 e. The van der Waals surface area contributed by atoms with Crippen LogP contribution in [0.25, 0.3) is 0 Å². The Labute approximate surface area is 136 Å². The van der Waals surface area contributed by atoms with E-state index >= 15 is 0 Å². The van der Waals surface area contributed by atoms with E-state index in [9.17, 15) is 9.59 Å². The fourth-order valence-corrected chi connectivity index (χ4v) is 2.78. The molecule has 2 rings (SSSR count). The second kappa shape index (κ2) is 7.11. The molecule has 0 saturated carbocycles. The molecule has 6 nitrogen and oxygen atoms in total. The van der Waals surface area contributed by atoms with Crippen molar-refractivity contribution in [2.24, 2.45) is 0 Å². The van der Waals surface area contributed by atoms with Crippen molar-refractivity contribution in [2.75, 3.05) is 7.11 Å². The number of aliphatic carboxylic acids is 1. The number of ether oxygens (including phenoxy) is 2. The van der Waals surface area contributed by atoms with Crippen LogP contribution in [-0.2, 0) is 14.3 Å². The van der Waals surface area contributed by atoms with Crippen molar-refractivity contribution in [1.29, 1.82) is 0 Å². The van der Waals surface area contributed by atoms with E-state index in [1.165, 1.54) is 0 Å². The lowest BCUT2D eigenvalue weighted by atomic mass is 10.1. The van der Waals surface area contributed by atoms with Crippen molar-refractivity contribution in [3.63, 3.8) is 0 Å². The van der Waals surface area contributed by atoms with Crippen LogP contribution in [0.3, 0.4) is 0 Å². The summed E-state index contributed by atoms with van der Waals surface area (Å²) in [4.78, 5) is 23.0. The van der Waals surface area contributed by atoms with Crippen molar-refractivity contribution >= 4 is 27.8 Å². The maximum absolute atomic E-state index is 12.2. The average molecular weight is 372 g/mol. The Balaban J connectivity index is 2.01. The van der Waals surface area contributed by atoms with Crippen LogP contribution < -0.4 is 10.1 Å². The van der Waals surface area contributed by atoms with Crippen LogP contribution in [-0.4, -0.2) is 36.3 Å². The fraction of sp³-hybridized carbons (Fsp3) is 0.467. The highest BCUT2D eigenvalue weighted by Gasteiger charge is 2.35. The lowest BCUT2D eigenvalue weighted by Crippen LogP contribution is -2.37. The molecular weight excluding hydrogens is 354 g/mol. The summed E-state index contributed by atoms with van der Waals surface area (Å²) in [5.74, 6) is -0.669. The van der Waals surface area contributed by atoms with E-state index in [2.05, 4.69) is 21.2 Å². The Hall–Kier alpha value is -1.60. The van der Waals surface area contributed by atoms with E-state index in [4.69, 9.17) is 14.6 Å². The second-order valence-electron chi connectivity index (χ2n) is 5.15. The molecule has 120 valence electrons. The van der Waals surface area contributed by atoms with Gasteiger partial charge in [0.15, 0.2) is 6.10 Å². The number of benzene rings is 1. The minimum Gasteiger partial charge on any atom is -0.496 e. The van der Waals surface area contributed by atoms with Crippen LogP contribution in [0.2, 0.25) is 0 Å².